The first-order chi connectivity index (χ1) is 11.6. The first-order valence-electron chi connectivity index (χ1n) is 8.03. The van der Waals surface area contributed by atoms with Crippen LogP contribution in [0.1, 0.15) is 20.8 Å². The van der Waals surface area contributed by atoms with Crippen LogP contribution in [0, 0.1) is 0 Å². The van der Waals surface area contributed by atoms with Gasteiger partial charge in [0.2, 0.25) is 16.3 Å². The molecule has 2 atom stereocenters. The molecule has 2 aliphatic heterocycles. The van der Waals surface area contributed by atoms with Crippen LogP contribution in [0.15, 0.2) is 11.6 Å². The van der Waals surface area contributed by atoms with Gasteiger partial charge in [0.15, 0.2) is 8.32 Å². The molecule has 0 aromatic heterocycles. The van der Waals surface area contributed by atoms with Gasteiger partial charge in [-0.2, -0.15) is 9.35 Å². The molecule has 148 valence electrons. The summed E-state index contributed by atoms with van der Waals surface area (Å²) in [5.74, 6) is -0.770. The zero-order chi connectivity index (χ0) is 20.1. The van der Waals surface area contributed by atoms with Crippen LogP contribution in [0.2, 0.25) is 18.1 Å². The number of nitrogens with zero attached hydrogens (tertiary/aromatic N) is 2. The van der Waals surface area contributed by atoms with E-state index in [0.717, 1.165) is 4.90 Å². The van der Waals surface area contributed by atoms with Crippen molar-refractivity contribution in [2.45, 2.75) is 51.0 Å². The Hall–Kier alpha value is -0.473. The number of amides is 3. The summed E-state index contributed by atoms with van der Waals surface area (Å²) in [6, 6.07) is -2.80. The topological polar surface area (TPSA) is 142 Å². The Morgan fingerprint density at radius 2 is 1.96 bits per heavy atom. The van der Waals surface area contributed by atoms with E-state index in [2.05, 4.69) is 25.1 Å². The molecule has 0 aromatic carbocycles. The first-order valence-corrected chi connectivity index (χ1v) is 12.3. The molecule has 3 amide bonds. The number of hydroxylamine groups is 2. The summed E-state index contributed by atoms with van der Waals surface area (Å²) in [5, 5.41) is 0.392. The fourth-order valence-corrected chi connectivity index (χ4v) is 3.96. The summed E-state index contributed by atoms with van der Waals surface area (Å²) >= 11 is 0. The molecule has 2 aliphatic rings. The third-order valence-electron chi connectivity index (χ3n) is 5.04. The van der Waals surface area contributed by atoms with Crippen molar-refractivity contribution >= 4 is 30.7 Å². The van der Waals surface area contributed by atoms with E-state index in [4.69, 9.17) is 10.2 Å². The van der Waals surface area contributed by atoms with E-state index in [1.807, 2.05) is 13.1 Å². The SMILES string of the molecule is CC(C)(C)[Si](C)(C)OCC1=CC2CN(C(=O)N2OS(=O)(=O)[O-])C1C(N)=O.[Na+]. The third-order valence-corrected chi connectivity index (χ3v) is 9.86. The second-order valence-electron chi connectivity index (χ2n) is 7.91. The number of rotatable bonds is 6. The van der Waals surface area contributed by atoms with Crippen molar-refractivity contribution in [2.24, 2.45) is 5.73 Å². The van der Waals surface area contributed by atoms with E-state index in [9.17, 15) is 22.6 Å². The Balaban J connectivity index is 0.00000364. The van der Waals surface area contributed by atoms with Crippen molar-refractivity contribution in [3.05, 3.63) is 11.6 Å². The number of hydrogen-bond donors (Lipinski definition) is 1. The van der Waals surface area contributed by atoms with Gasteiger partial charge in [-0.05, 0) is 23.7 Å². The van der Waals surface area contributed by atoms with Gasteiger partial charge in [0, 0.05) is 0 Å². The van der Waals surface area contributed by atoms with Crippen molar-refractivity contribution in [1.82, 2.24) is 9.96 Å². The zero-order valence-corrected chi connectivity index (χ0v) is 20.2. The maximum atomic E-state index is 12.3. The standard InChI is InChI=1S/C14H25N3O7SSi.Na/c1-14(2,3)26(4,5)23-8-9-6-10-7-16(11(9)12(15)18)13(19)17(10)24-25(20,21)22;/h6,10-11H,7-8H2,1-5H3,(H2,15,18)(H,20,21,22);/q;+1/p-1. The number of carbonyl (C=O) groups excluding carboxylic acids is 2. The van der Waals surface area contributed by atoms with Gasteiger partial charge in [0.1, 0.15) is 6.04 Å². The second kappa shape index (κ2) is 8.11. The van der Waals surface area contributed by atoms with Gasteiger partial charge in [-0.3, -0.25) is 4.79 Å². The van der Waals surface area contributed by atoms with E-state index in [1.54, 1.807) is 0 Å². The van der Waals surface area contributed by atoms with Crippen LogP contribution in [-0.4, -0.2) is 68.4 Å². The quantitative estimate of drug-likeness (QED) is 0.210. The Morgan fingerprint density at radius 3 is 2.41 bits per heavy atom. The Bertz CT molecular complexity index is 750. The molecule has 2 heterocycles. The van der Waals surface area contributed by atoms with Crippen molar-refractivity contribution in [2.75, 3.05) is 13.2 Å². The van der Waals surface area contributed by atoms with Gasteiger partial charge in [0.25, 0.3) is 0 Å². The van der Waals surface area contributed by atoms with Crippen molar-refractivity contribution in [3.63, 3.8) is 0 Å². The smallest absolute Gasteiger partial charge is 0.724 e. The average molecular weight is 430 g/mol. The van der Waals surface area contributed by atoms with Crippen molar-refractivity contribution in [1.29, 1.82) is 0 Å². The molecule has 2 bridgehead atoms. The van der Waals surface area contributed by atoms with Crippen LogP contribution < -0.4 is 35.3 Å². The number of hydrogen-bond acceptors (Lipinski definition) is 7. The molecular formula is C14H24N3NaO7SSi. The van der Waals surface area contributed by atoms with Crippen LogP contribution in [-0.2, 0) is 23.9 Å². The summed E-state index contributed by atoms with van der Waals surface area (Å²) in [4.78, 5) is 25.3. The van der Waals surface area contributed by atoms with Crippen LogP contribution >= 0.6 is 0 Å². The van der Waals surface area contributed by atoms with Gasteiger partial charge >= 0.3 is 35.6 Å². The van der Waals surface area contributed by atoms with Crippen LogP contribution in [0.3, 0.4) is 0 Å². The fourth-order valence-electron chi connectivity index (χ4n) is 2.63. The molecule has 27 heavy (non-hydrogen) atoms. The number of primary amides is 1. The van der Waals surface area contributed by atoms with Gasteiger partial charge in [-0.1, -0.05) is 26.8 Å². The van der Waals surface area contributed by atoms with Gasteiger partial charge in [-0.25, -0.2) is 13.2 Å². The van der Waals surface area contributed by atoms with E-state index in [-0.39, 0.29) is 47.7 Å². The normalized spacial score (nSPS) is 23.2. The molecule has 0 aromatic rings. The molecule has 10 nitrogen and oxygen atoms in total. The number of carbonyl (C=O) groups is 2. The van der Waals surface area contributed by atoms with Crippen LogP contribution in [0.5, 0.6) is 0 Å². The molecular weight excluding hydrogens is 405 g/mol. The third kappa shape index (κ3) is 5.32. The molecule has 2 rings (SSSR count). The maximum absolute atomic E-state index is 12.3. The molecule has 1 saturated heterocycles. The summed E-state index contributed by atoms with van der Waals surface area (Å²) < 4.78 is 42.9. The minimum absolute atomic E-state index is 0. The van der Waals surface area contributed by atoms with Gasteiger partial charge in [-0.15, -0.1) is 0 Å². The molecule has 0 aliphatic carbocycles. The largest absolute Gasteiger partial charge is 1.00 e. The van der Waals surface area contributed by atoms with Gasteiger partial charge < -0.3 is 19.6 Å². The average Bonchev–Trinajstić information content (AvgIpc) is 2.67. The molecule has 0 saturated carbocycles. The molecule has 13 heteroatoms. The van der Waals surface area contributed by atoms with Crippen LogP contribution in [0.25, 0.3) is 0 Å². The molecule has 2 N–H and O–H groups in total. The molecule has 0 radical (unpaired) electrons. The predicted molar refractivity (Wildman–Crippen MR) is 92.7 cm³/mol. The zero-order valence-electron chi connectivity index (χ0n) is 16.4. The minimum atomic E-state index is -5.13. The molecule has 1 fully saturated rings. The van der Waals surface area contributed by atoms with Crippen LogP contribution in [0.4, 0.5) is 4.79 Å². The second-order valence-corrected chi connectivity index (χ2v) is 13.7. The number of fused-ring (bicyclic) bond motifs is 2. The summed E-state index contributed by atoms with van der Waals surface area (Å²) in [5.41, 5.74) is 5.89. The van der Waals surface area contributed by atoms with E-state index < -0.39 is 42.7 Å². The summed E-state index contributed by atoms with van der Waals surface area (Å²) in [6.07, 6.45) is 1.51. The van der Waals surface area contributed by atoms with Crippen molar-refractivity contribution < 1.29 is 60.8 Å². The minimum Gasteiger partial charge on any atom is -0.724 e. The fraction of sp³-hybridized carbons (Fsp3) is 0.714. The Morgan fingerprint density at radius 1 is 1.41 bits per heavy atom. The first kappa shape index (κ1) is 24.6. The predicted octanol–water partition coefficient (Wildman–Crippen LogP) is -2.70. The van der Waals surface area contributed by atoms with E-state index >= 15 is 0 Å². The Labute approximate surface area is 182 Å². The summed E-state index contributed by atoms with van der Waals surface area (Å²) in [6.45, 7) is 10.3. The monoisotopic (exact) mass is 429 g/mol. The van der Waals surface area contributed by atoms with E-state index in [0.29, 0.717) is 10.6 Å². The number of nitrogens with two attached hydrogens (primary N) is 1. The van der Waals surface area contributed by atoms with E-state index in [1.165, 1.54) is 6.08 Å². The maximum Gasteiger partial charge on any atom is 1.00 e. The molecule has 0 spiro atoms. The van der Waals surface area contributed by atoms with Gasteiger partial charge in [0.05, 0.1) is 19.2 Å². The van der Waals surface area contributed by atoms with Crippen molar-refractivity contribution in [3.8, 4) is 0 Å². The number of urea groups is 1. The summed E-state index contributed by atoms with van der Waals surface area (Å²) in [7, 11) is -7.27. The Kier molecular flexibility index (Phi) is 7.37. The molecule has 2 unspecified atom stereocenters.